The molecule has 0 radical (unpaired) electrons. The van der Waals surface area contributed by atoms with Crippen molar-refractivity contribution in [1.29, 1.82) is 0 Å². The number of alkyl carbamates (subject to hydrolysis) is 1. The Hall–Kier alpha value is -1.72. The summed E-state index contributed by atoms with van der Waals surface area (Å²) in [6, 6.07) is 5.58. The maximum absolute atomic E-state index is 11.1. The molecule has 1 aromatic rings. The van der Waals surface area contributed by atoms with Gasteiger partial charge in [0.1, 0.15) is 5.75 Å². The molecule has 0 saturated heterocycles. The van der Waals surface area contributed by atoms with Gasteiger partial charge in [-0.1, -0.05) is 23.8 Å². The molecule has 5 nitrogen and oxygen atoms in total. The molecule has 0 aliphatic heterocycles. The number of nitrogens with one attached hydrogen (secondary N) is 1. The predicted molar refractivity (Wildman–Crippen MR) is 91.1 cm³/mol. The molecular weight excluding hydrogens is 318 g/mol. The Morgan fingerprint density at radius 1 is 1.30 bits per heavy atom. The number of methoxy groups -OCH3 is 1. The van der Waals surface area contributed by atoms with Gasteiger partial charge in [-0.25, -0.2) is 4.79 Å². The van der Waals surface area contributed by atoms with E-state index in [9.17, 15) is 4.79 Å². The third-order valence-electron chi connectivity index (χ3n) is 2.96. The smallest absolute Gasteiger partial charge is 0.407 e. The fraction of sp³-hybridized carbons (Fsp3) is 0.471. The molecule has 0 unspecified atom stereocenters. The Kier molecular flexibility index (Phi) is 9.91. The fourth-order valence-electron chi connectivity index (χ4n) is 1.87. The van der Waals surface area contributed by atoms with Crippen LogP contribution in [0.4, 0.5) is 4.79 Å². The maximum Gasteiger partial charge on any atom is 0.407 e. The van der Waals surface area contributed by atoms with Gasteiger partial charge in [0.05, 0.1) is 6.61 Å². The predicted octanol–water partition coefficient (Wildman–Crippen LogP) is 3.95. The Balaban J connectivity index is 2.29. The second-order valence-electron chi connectivity index (χ2n) is 4.75. The maximum atomic E-state index is 11.1. The van der Waals surface area contributed by atoms with Gasteiger partial charge in [0.15, 0.2) is 6.79 Å². The highest BCUT2D eigenvalue weighted by atomic mass is 35.5. The number of ether oxygens (including phenoxy) is 3. The molecule has 0 spiro atoms. The minimum atomic E-state index is -0.374. The van der Waals surface area contributed by atoms with Crippen LogP contribution in [0.15, 0.2) is 30.4 Å². The van der Waals surface area contributed by atoms with Crippen LogP contribution in [0.5, 0.6) is 5.75 Å². The summed E-state index contributed by atoms with van der Waals surface area (Å²) in [4.78, 5) is 11.1. The number of hydrogen-bond acceptors (Lipinski definition) is 4. The molecule has 1 rings (SSSR count). The molecular formula is C17H24ClNO4. The standard InChI is InChI=1S/C17H24ClNO4/c1-3-22-17(20)19-11-7-5-4-6-8-14-12-15(23-13-21-2)9-10-16(14)18/h4-5,9-10,12H,3,6-8,11,13H2,1-2H3,(H,19,20)/b5-4+. The first-order chi connectivity index (χ1) is 11.2. The van der Waals surface area contributed by atoms with E-state index < -0.39 is 0 Å². The molecule has 0 bridgehead atoms. The molecule has 1 amide bonds. The van der Waals surface area contributed by atoms with Crippen LogP contribution in [-0.4, -0.2) is 33.1 Å². The first-order valence-electron chi connectivity index (χ1n) is 7.63. The first kappa shape index (κ1) is 19.3. The highest BCUT2D eigenvalue weighted by molar-refractivity contribution is 6.31. The van der Waals surface area contributed by atoms with Crippen molar-refractivity contribution in [2.75, 3.05) is 27.1 Å². The lowest BCUT2D eigenvalue weighted by atomic mass is 10.1. The highest BCUT2D eigenvalue weighted by Gasteiger charge is 2.02. The zero-order chi connectivity index (χ0) is 16.9. The molecule has 0 heterocycles. The molecule has 1 aromatic carbocycles. The number of benzene rings is 1. The number of allylic oxidation sites excluding steroid dienone is 1. The third-order valence-corrected chi connectivity index (χ3v) is 3.33. The summed E-state index contributed by atoms with van der Waals surface area (Å²) in [5.74, 6) is 0.744. The molecule has 0 aliphatic rings. The minimum absolute atomic E-state index is 0.217. The minimum Gasteiger partial charge on any atom is -0.468 e. The van der Waals surface area contributed by atoms with E-state index >= 15 is 0 Å². The lowest BCUT2D eigenvalue weighted by molar-refractivity contribution is 0.0511. The Labute approximate surface area is 142 Å². The average molecular weight is 342 g/mol. The van der Waals surface area contributed by atoms with E-state index in [1.54, 1.807) is 14.0 Å². The molecule has 128 valence electrons. The van der Waals surface area contributed by atoms with E-state index in [1.807, 2.05) is 24.3 Å². The van der Waals surface area contributed by atoms with Crippen LogP contribution in [0.3, 0.4) is 0 Å². The van der Waals surface area contributed by atoms with Gasteiger partial charge in [-0.3, -0.25) is 0 Å². The molecule has 23 heavy (non-hydrogen) atoms. The third kappa shape index (κ3) is 8.47. The second kappa shape index (κ2) is 11.8. The van der Waals surface area contributed by atoms with Gasteiger partial charge in [0.25, 0.3) is 0 Å². The zero-order valence-electron chi connectivity index (χ0n) is 13.6. The van der Waals surface area contributed by atoms with Crippen LogP contribution in [0, 0.1) is 0 Å². The highest BCUT2D eigenvalue weighted by Crippen LogP contribution is 2.23. The van der Waals surface area contributed by atoms with E-state index in [2.05, 4.69) is 11.4 Å². The van der Waals surface area contributed by atoms with Crippen LogP contribution in [0.2, 0.25) is 5.02 Å². The van der Waals surface area contributed by atoms with Crippen LogP contribution in [0.25, 0.3) is 0 Å². The molecule has 1 N–H and O–H groups in total. The van der Waals surface area contributed by atoms with Gasteiger partial charge in [0.2, 0.25) is 0 Å². The van der Waals surface area contributed by atoms with Crippen LogP contribution >= 0.6 is 11.6 Å². The van der Waals surface area contributed by atoms with Crippen molar-refractivity contribution in [3.05, 3.63) is 40.9 Å². The van der Waals surface area contributed by atoms with E-state index in [-0.39, 0.29) is 12.9 Å². The van der Waals surface area contributed by atoms with Gasteiger partial charge in [-0.15, -0.1) is 0 Å². The van der Waals surface area contributed by atoms with Crippen LogP contribution in [0.1, 0.15) is 25.3 Å². The van der Waals surface area contributed by atoms with E-state index in [1.165, 1.54) is 0 Å². The van der Waals surface area contributed by atoms with Crippen molar-refractivity contribution in [2.45, 2.75) is 26.2 Å². The molecule has 6 heteroatoms. The number of aryl methyl sites for hydroxylation is 1. The van der Waals surface area contributed by atoms with E-state index in [0.717, 1.165) is 35.6 Å². The van der Waals surface area contributed by atoms with Gasteiger partial charge in [0, 0.05) is 18.7 Å². The van der Waals surface area contributed by atoms with Crippen molar-refractivity contribution >= 4 is 17.7 Å². The summed E-state index contributed by atoms with van der Waals surface area (Å²) < 4.78 is 15.1. The normalized spacial score (nSPS) is 10.7. The summed E-state index contributed by atoms with van der Waals surface area (Å²) in [7, 11) is 1.58. The van der Waals surface area contributed by atoms with E-state index in [4.69, 9.17) is 25.8 Å². The first-order valence-corrected chi connectivity index (χ1v) is 8.01. The fourth-order valence-corrected chi connectivity index (χ4v) is 2.09. The lowest BCUT2D eigenvalue weighted by Gasteiger charge is -2.08. The average Bonchev–Trinajstić information content (AvgIpc) is 2.54. The quantitative estimate of drug-likeness (QED) is 0.398. The number of amides is 1. The van der Waals surface area contributed by atoms with E-state index in [0.29, 0.717) is 13.2 Å². The Morgan fingerprint density at radius 3 is 2.83 bits per heavy atom. The summed E-state index contributed by atoms with van der Waals surface area (Å²) in [6.07, 6.45) is 6.19. The van der Waals surface area contributed by atoms with Crippen LogP contribution < -0.4 is 10.1 Å². The number of rotatable bonds is 10. The second-order valence-corrected chi connectivity index (χ2v) is 5.16. The summed E-state index contributed by atoms with van der Waals surface area (Å²) in [6.45, 7) is 2.94. The van der Waals surface area contributed by atoms with Crippen molar-refractivity contribution in [2.24, 2.45) is 0 Å². The largest absolute Gasteiger partial charge is 0.468 e. The number of carbonyl (C=O) groups excluding carboxylic acids is 1. The van der Waals surface area contributed by atoms with Crippen molar-refractivity contribution in [1.82, 2.24) is 5.32 Å². The Morgan fingerprint density at radius 2 is 2.09 bits per heavy atom. The SMILES string of the molecule is CCOC(=O)NCC/C=C/CCc1cc(OCOC)ccc1Cl. The van der Waals surface area contributed by atoms with Gasteiger partial charge in [-0.05, 0) is 49.9 Å². The summed E-state index contributed by atoms with van der Waals surface area (Å²) >= 11 is 6.19. The molecule has 0 aliphatic carbocycles. The molecule has 0 saturated carbocycles. The zero-order valence-corrected chi connectivity index (χ0v) is 14.4. The molecule has 0 atom stereocenters. The lowest BCUT2D eigenvalue weighted by Crippen LogP contribution is -2.24. The molecule has 0 fully saturated rings. The van der Waals surface area contributed by atoms with Gasteiger partial charge < -0.3 is 19.5 Å². The topological polar surface area (TPSA) is 56.8 Å². The van der Waals surface area contributed by atoms with Crippen molar-refractivity contribution in [3.8, 4) is 5.75 Å². The van der Waals surface area contributed by atoms with Crippen molar-refractivity contribution in [3.63, 3.8) is 0 Å². The van der Waals surface area contributed by atoms with Crippen LogP contribution in [-0.2, 0) is 15.9 Å². The van der Waals surface area contributed by atoms with Crippen molar-refractivity contribution < 1.29 is 19.0 Å². The Bertz CT molecular complexity index is 505. The summed E-state index contributed by atoms with van der Waals surface area (Å²) in [5.41, 5.74) is 1.04. The van der Waals surface area contributed by atoms with Gasteiger partial charge >= 0.3 is 6.09 Å². The molecule has 0 aromatic heterocycles. The summed E-state index contributed by atoms with van der Waals surface area (Å²) in [5, 5.41) is 3.40. The number of halogens is 1. The number of hydrogen-bond donors (Lipinski definition) is 1. The number of carbonyl (C=O) groups is 1. The monoisotopic (exact) mass is 341 g/mol. The van der Waals surface area contributed by atoms with Gasteiger partial charge in [-0.2, -0.15) is 0 Å².